The van der Waals surface area contributed by atoms with Crippen LogP contribution < -0.4 is 4.74 Å². The molecule has 6 nitrogen and oxygen atoms in total. The van der Waals surface area contributed by atoms with E-state index in [2.05, 4.69) is 4.98 Å². The molecule has 150 valence electrons. The Morgan fingerprint density at radius 1 is 1.14 bits per heavy atom. The van der Waals surface area contributed by atoms with Gasteiger partial charge in [0.05, 0.1) is 19.8 Å². The number of hydrogen-bond donors (Lipinski definition) is 0. The predicted octanol–water partition coefficient (Wildman–Crippen LogP) is 4.17. The van der Waals surface area contributed by atoms with Gasteiger partial charge in [-0.05, 0) is 60.9 Å². The lowest BCUT2D eigenvalue weighted by molar-refractivity contribution is -0.00111. The number of carbonyl (C=O) groups excluding carboxylic acids is 1. The van der Waals surface area contributed by atoms with E-state index in [0.29, 0.717) is 31.2 Å². The number of piperidine rings is 1. The summed E-state index contributed by atoms with van der Waals surface area (Å²) < 4.78 is 17.0. The maximum atomic E-state index is 12.8. The van der Waals surface area contributed by atoms with Crippen molar-refractivity contribution in [3.8, 4) is 17.1 Å². The normalized spacial score (nSPS) is 14.7. The molecule has 1 aliphatic rings. The summed E-state index contributed by atoms with van der Waals surface area (Å²) in [6.45, 7) is 1.88. The number of carbonyl (C=O) groups is 1. The Morgan fingerprint density at radius 2 is 1.93 bits per heavy atom. The van der Waals surface area contributed by atoms with Crippen LogP contribution in [-0.2, 0) is 11.3 Å². The van der Waals surface area contributed by atoms with Crippen LogP contribution in [0.15, 0.2) is 65.3 Å². The summed E-state index contributed by atoms with van der Waals surface area (Å²) in [4.78, 5) is 18.7. The molecule has 29 heavy (non-hydrogen) atoms. The van der Waals surface area contributed by atoms with Crippen molar-refractivity contribution in [3.05, 3.63) is 72.2 Å². The van der Waals surface area contributed by atoms with Gasteiger partial charge in [-0.1, -0.05) is 6.07 Å². The van der Waals surface area contributed by atoms with Crippen molar-refractivity contribution in [1.29, 1.82) is 0 Å². The zero-order valence-electron chi connectivity index (χ0n) is 16.4. The third kappa shape index (κ3) is 4.66. The van der Waals surface area contributed by atoms with Gasteiger partial charge in [-0.3, -0.25) is 9.78 Å². The van der Waals surface area contributed by atoms with Gasteiger partial charge in [-0.2, -0.15) is 0 Å². The number of methoxy groups -OCH3 is 1. The summed E-state index contributed by atoms with van der Waals surface area (Å²) in [7, 11) is 1.63. The van der Waals surface area contributed by atoms with Crippen LogP contribution in [0.3, 0.4) is 0 Å². The maximum Gasteiger partial charge on any atom is 0.289 e. The third-order valence-electron chi connectivity index (χ3n) is 5.13. The van der Waals surface area contributed by atoms with Crippen LogP contribution in [0.4, 0.5) is 0 Å². The number of amides is 1. The number of benzene rings is 1. The number of rotatable bonds is 6. The van der Waals surface area contributed by atoms with E-state index in [1.54, 1.807) is 19.4 Å². The second-order valence-corrected chi connectivity index (χ2v) is 7.06. The SMILES string of the molecule is COc1ccc(-c2ccc(C(=O)N3CCC(OCc4cccnc4)CC3)o2)cc1. The van der Waals surface area contributed by atoms with Crippen LogP contribution in [0.1, 0.15) is 29.0 Å². The minimum absolute atomic E-state index is 0.0736. The summed E-state index contributed by atoms with van der Waals surface area (Å²) in [5.41, 5.74) is 1.97. The van der Waals surface area contributed by atoms with Crippen LogP contribution in [0.5, 0.6) is 5.75 Å². The number of aromatic nitrogens is 1. The van der Waals surface area contributed by atoms with Gasteiger partial charge in [-0.15, -0.1) is 0 Å². The van der Waals surface area contributed by atoms with Crippen LogP contribution in [-0.4, -0.2) is 42.1 Å². The Kier molecular flexibility index (Phi) is 5.91. The number of likely N-dealkylation sites (tertiary alicyclic amines) is 1. The number of pyridine rings is 1. The average molecular weight is 392 g/mol. The first-order valence-electron chi connectivity index (χ1n) is 9.77. The fourth-order valence-corrected chi connectivity index (χ4v) is 3.44. The van der Waals surface area contributed by atoms with Crippen molar-refractivity contribution in [2.75, 3.05) is 20.2 Å². The highest BCUT2D eigenvalue weighted by Crippen LogP contribution is 2.26. The molecule has 1 amide bonds. The van der Waals surface area contributed by atoms with Crippen LogP contribution in [0.2, 0.25) is 0 Å². The Hall–Kier alpha value is -3.12. The Balaban J connectivity index is 1.31. The lowest BCUT2D eigenvalue weighted by Crippen LogP contribution is -2.40. The molecule has 1 aliphatic heterocycles. The van der Waals surface area contributed by atoms with Crippen molar-refractivity contribution in [2.45, 2.75) is 25.6 Å². The number of hydrogen-bond acceptors (Lipinski definition) is 5. The molecular formula is C23H24N2O4. The fourth-order valence-electron chi connectivity index (χ4n) is 3.44. The molecule has 2 aromatic heterocycles. The Morgan fingerprint density at radius 3 is 2.62 bits per heavy atom. The minimum atomic E-state index is -0.0736. The molecule has 1 fully saturated rings. The lowest BCUT2D eigenvalue weighted by atomic mass is 10.1. The van der Waals surface area contributed by atoms with Gasteiger partial charge in [-0.25, -0.2) is 0 Å². The molecule has 0 atom stereocenters. The van der Waals surface area contributed by atoms with E-state index in [9.17, 15) is 4.79 Å². The molecule has 3 heterocycles. The smallest absolute Gasteiger partial charge is 0.289 e. The third-order valence-corrected chi connectivity index (χ3v) is 5.13. The summed E-state index contributed by atoms with van der Waals surface area (Å²) in [5.74, 6) is 1.75. The van der Waals surface area contributed by atoms with Gasteiger partial charge in [0.1, 0.15) is 11.5 Å². The van der Waals surface area contributed by atoms with E-state index in [4.69, 9.17) is 13.9 Å². The highest BCUT2D eigenvalue weighted by atomic mass is 16.5. The van der Waals surface area contributed by atoms with Gasteiger partial charge >= 0.3 is 0 Å². The number of ether oxygens (including phenoxy) is 2. The first kappa shape index (κ1) is 19.2. The van der Waals surface area contributed by atoms with Crippen LogP contribution in [0, 0.1) is 0 Å². The summed E-state index contributed by atoms with van der Waals surface area (Å²) in [5, 5.41) is 0. The Bertz CT molecular complexity index is 929. The number of nitrogens with zero attached hydrogens (tertiary/aromatic N) is 2. The molecule has 1 saturated heterocycles. The zero-order valence-corrected chi connectivity index (χ0v) is 16.4. The maximum absolute atomic E-state index is 12.8. The highest BCUT2D eigenvalue weighted by Gasteiger charge is 2.26. The Labute approximate surface area is 170 Å². The second-order valence-electron chi connectivity index (χ2n) is 7.06. The van der Waals surface area contributed by atoms with Crippen molar-refractivity contribution >= 4 is 5.91 Å². The van der Waals surface area contributed by atoms with E-state index >= 15 is 0 Å². The van der Waals surface area contributed by atoms with Crippen LogP contribution >= 0.6 is 0 Å². The monoisotopic (exact) mass is 392 g/mol. The molecule has 6 heteroatoms. The van der Waals surface area contributed by atoms with Crippen molar-refractivity contribution in [2.24, 2.45) is 0 Å². The molecule has 0 N–H and O–H groups in total. The summed E-state index contributed by atoms with van der Waals surface area (Å²) >= 11 is 0. The molecule has 1 aromatic carbocycles. The predicted molar refractivity (Wildman–Crippen MR) is 109 cm³/mol. The van der Waals surface area contributed by atoms with E-state index in [1.165, 1.54) is 0 Å². The molecular weight excluding hydrogens is 368 g/mol. The average Bonchev–Trinajstić information content (AvgIpc) is 3.29. The van der Waals surface area contributed by atoms with E-state index in [1.807, 2.05) is 53.6 Å². The van der Waals surface area contributed by atoms with Gasteiger partial charge in [0.15, 0.2) is 5.76 Å². The molecule has 0 radical (unpaired) electrons. The van der Waals surface area contributed by atoms with E-state index < -0.39 is 0 Å². The van der Waals surface area contributed by atoms with Crippen molar-refractivity contribution in [3.63, 3.8) is 0 Å². The summed E-state index contributed by atoms with van der Waals surface area (Å²) in [6.07, 6.45) is 5.36. The van der Waals surface area contributed by atoms with Gasteiger partial charge < -0.3 is 18.8 Å². The molecule has 3 aromatic rings. The molecule has 0 aliphatic carbocycles. The van der Waals surface area contributed by atoms with Gasteiger partial charge in [0, 0.05) is 31.0 Å². The molecule has 0 unspecified atom stereocenters. The first-order chi connectivity index (χ1) is 14.2. The second kappa shape index (κ2) is 8.92. The van der Waals surface area contributed by atoms with E-state index in [0.717, 1.165) is 29.7 Å². The highest BCUT2D eigenvalue weighted by molar-refractivity contribution is 5.92. The zero-order chi connectivity index (χ0) is 20.1. The molecule has 0 saturated carbocycles. The first-order valence-corrected chi connectivity index (χ1v) is 9.77. The topological polar surface area (TPSA) is 64.8 Å². The van der Waals surface area contributed by atoms with Crippen molar-refractivity contribution < 1.29 is 18.7 Å². The van der Waals surface area contributed by atoms with Crippen LogP contribution in [0.25, 0.3) is 11.3 Å². The quantitative estimate of drug-likeness (QED) is 0.630. The fraction of sp³-hybridized carbons (Fsp3) is 0.304. The minimum Gasteiger partial charge on any atom is -0.497 e. The van der Waals surface area contributed by atoms with Crippen molar-refractivity contribution in [1.82, 2.24) is 9.88 Å². The largest absolute Gasteiger partial charge is 0.497 e. The summed E-state index contributed by atoms with van der Waals surface area (Å²) in [6, 6.07) is 15.1. The number of furan rings is 1. The van der Waals surface area contributed by atoms with E-state index in [-0.39, 0.29) is 12.0 Å². The molecule has 4 rings (SSSR count). The van der Waals surface area contributed by atoms with Gasteiger partial charge in [0.2, 0.25) is 0 Å². The molecule has 0 spiro atoms. The lowest BCUT2D eigenvalue weighted by Gasteiger charge is -2.31. The van der Waals surface area contributed by atoms with Gasteiger partial charge in [0.25, 0.3) is 5.91 Å². The standard InChI is InChI=1S/C23H24N2O4/c1-27-19-6-4-18(5-7-19)21-8-9-22(29-21)23(26)25-13-10-20(11-14-25)28-16-17-3-2-12-24-15-17/h2-9,12,15,20H,10-11,13-14,16H2,1H3. The molecule has 0 bridgehead atoms.